The zero-order chi connectivity index (χ0) is 14.9. The second-order valence-electron chi connectivity index (χ2n) is 6.31. The lowest BCUT2D eigenvalue weighted by Crippen LogP contribution is -2.51. The molecule has 3 amide bonds. The van der Waals surface area contributed by atoms with Crippen molar-refractivity contribution in [2.75, 3.05) is 19.6 Å². The van der Waals surface area contributed by atoms with Crippen LogP contribution in [0.3, 0.4) is 0 Å². The van der Waals surface area contributed by atoms with E-state index in [4.69, 9.17) is 0 Å². The van der Waals surface area contributed by atoms with Crippen molar-refractivity contribution in [2.24, 2.45) is 5.41 Å². The lowest BCUT2D eigenvalue weighted by atomic mass is 9.82. The third-order valence-electron chi connectivity index (χ3n) is 3.83. The van der Waals surface area contributed by atoms with Gasteiger partial charge >= 0.3 is 0 Å². The van der Waals surface area contributed by atoms with Crippen molar-refractivity contribution in [3.05, 3.63) is 0 Å². The van der Waals surface area contributed by atoms with E-state index in [0.717, 1.165) is 4.90 Å². The zero-order valence-corrected chi connectivity index (χ0v) is 12.0. The lowest BCUT2D eigenvalue weighted by Gasteiger charge is -2.35. The fourth-order valence-corrected chi connectivity index (χ4v) is 2.63. The normalized spacial score (nSPS) is 23.2. The molecule has 0 aromatic heterocycles. The van der Waals surface area contributed by atoms with Gasteiger partial charge in [-0.25, -0.2) is 0 Å². The molecule has 2 saturated heterocycles. The van der Waals surface area contributed by atoms with Gasteiger partial charge in [-0.15, -0.1) is 0 Å². The van der Waals surface area contributed by atoms with Crippen LogP contribution in [0.4, 0.5) is 0 Å². The van der Waals surface area contributed by atoms with Gasteiger partial charge in [0, 0.05) is 38.8 Å². The second-order valence-corrected chi connectivity index (χ2v) is 6.31. The molecular formula is C14H20N2O4. The molecule has 20 heavy (non-hydrogen) atoms. The first kappa shape index (κ1) is 14.7. The molecule has 0 radical (unpaired) electrons. The van der Waals surface area contributed by atoms with E-state index < -0.39 is 0 Å². The molecule has 2 heterocycles. The Morgan fingerprint density at radius 1 is 1.05 bits per heavy atom. The first-order chi connectivity index (χ1) is 9.28. The van der Waals surface area contributed by atoms with Crippen molar-refractivity contribution in [2.45, 2.75) is 39.5 Å². The van der Waals surface area contributed by atoms with Gasteiger partial charge in [-0.05, 0) is 5.41 Å². The number of imide groups is 1. The Morgan fingerprint density at radius 2 is 1.55 bits per heavy atom. The van der Waals surface area contributed by atoms with Crippen molar-refractivity contribution < 1.29 is 19.2 Å². The Bertz CT molecular complexity index is 440. The van der Waals surface area contributed by atoms with Gasteiger partial charge in [-0.2, -0.15) is 0 Å². The molecule has 2 rings (SSSR count). The van der Waals surface area contributed by atoms with Crippen LogP contribution in [0.2, 0.25) is 0 Å². The number of likely N-dealkylation sites (tertiary alicyclic amines) is 2. The van der Waals surface area contributed by atoms with Gasteiger partial charge in [-0.3, -0.25) is 24.1 Å². The summed E-state index contributed by atoms with van der Waals surface area (Å²) in [5, 5.41) is 0. The smallest absolute Gasteiger partial charge is 0.242 e. The van der Waals surface area contributed by atoms with Crippen LogP contribution in [0, 0.1) is 5.41 Å². The SMILES string of the molecule is CC1(C)CC(=O)N(CC(=O)N2CCC(=O)CC2)C(=O)C1. The molecule has 6 heteroatoms. The summed E-state index contributed by atoms with van der Waals surface area (Å²) in [4.78, 5) is 49.8. The standard InChI is InChI=1S/C14H20N2O4/c1-14(2)7-11(18)16(12(19)8-14)9-13(20)15-5-3-10(17)4-6-15/h3-9H2,1-2H3. The van der Waals surface area contributed by atoms with E-state index in [-0.39, 0.29) is 48.3 Å². The first-order valence-corrected chi connectivity index (χ1v) is 6.91. The molecule has 0 aromatic rings. The molecule has 0 aliphatic carbocycles. The maximum atomic E-state index is 12.1. The maximum absolute atomic E-state index is 12.1. The Morgan fingerprint density at radius 3 is 2.05 bits per heavy atom. The quantitative estimate of drug-likeness (QED) is 0.684. The molecule has 2 fully saturated rings. The highest BCUT2D eigenvalue weighted by Crippen LogP contribution is 2.31. The number of rotatable bonds is 2. The van der Waals surface area contributed by atoms with Gasteiger partial charge in [0.25, 0.3) is 0 Å². The van der Waals surface area contributed by atoms with E-state index in [1.165, 1.54) is 0 Å². The van der Waals surface area contributed by atoms with E-state index in [2.05, 4.69) is 0 Å². The van der Waals surface area contributed by atoms with E-state index in [1.54, 1.807) is 4.90 Å². The Balaban J connectivity index is 1.96. The predicted molar refractivity (Wildman–Crippen MR) is 70.6 cm³/mol. The highest BCUT2D eigenvalue weighted by atomic mass is 16.2. The van der Waals surface area contributed by atoms with Crippen LogP contribution in [0.1, 0.15) is 39.5 Å². The van der Waals surface area contributed by atoms with Gasteiger partial charge in [0.2, 0.25) is 17.7 Å². The van der Waals surface area contributed by atoms with Crippen molar-refractivity contribution in [1.82, 2.24) is 9.80 Å². The van der Waals surface area contributed by atoms with E-state index in [9.17, 15) is 19.2 Å². The second kappa shape index (κ2) is 5.34. The molecule has 110 valence electrons. The van der Waals surface area contributed by atoms with Crippen LogP contribution in [-0.4, -0.2) is 52.9 Å². The van der Waals surface area contributed by atoms with E-state index in [0.29, 0.717) is 25.9 Å². The Kier molecular flexibility index (Phi) is 3.92. The summed E-state index contributed by atoms with van der Waals surface area (Å²) in [6.07, 6.45) is 1.29. The fraction of sp³-hybridized carbons (Fsp3) is 0.714. The number of nitrogens with zero attached hydrogens (tertiary/aromatic N) is 2. The first-order valence-electron chi connectivity index (χ1n) is 6.91. The van der Waals surface area contributed by atoms with Crippen LogP contribution >= 0.6 is 0 Å². The van der Waals surface area contributed by atoms with Crippen LogP contribution in [-0.2, 0) is 19.2 Å². The highest BCUT2D eigenvalue weighted by molar-refractivity contribution is 6.01. The van der Waals surface area contributed by atoms with Gasteiger partial charge in [0.15, 0.2) is 0 Å². The highest BCUT2D eigenvalue weighted by Gasteiger charge is 2.38. The maximum Gasteiger partial charge on any atom is 0.242 e. The molecule has 0 N–H and O–H groups in total. The monoisotopic (exact) mass is 280 g/mol. The van der Waals surface area contributed by atoms with Crippen LogP contribution in [0.15, 0.2) is 0 Å². The Labute approximate surface area is 118 Å². The van der Waals surface area contributed by atoms with Crippen molar-refractivity contribution in [1.29, 1.82) is 0 Å². The van der Waals surface area contributed by atoms with Crippen molar-refractivity contribution >= 4 is 23.5 Å². The summed E-state index contributed by atoms with van der Waals surface area (Å²) >= 11 is 0. The minimum absolute atomic E-state index is 0.154. The molecule has 2 aliphatic heterocycles. The predicted octanol–water partition coefficient (Wildman–Crippen LogP) is 0.353. The lowest BCUT2D eigenvalue weighted by molar-refractivity contribution is -0.157. The molecule has 0 atom stereocenters. The molecule has 0 unspecified atom stereocenters. The summed E-state index contributed by atoms with van der Waals surface area (Å²) in [7, 11) is 0. The third kappa shape index (κ3) is 3.23. The van der Waals surface area contributed by atoms with Crippen LogP contribution in [0.5, 0.6) is 0 Å². The molecule has 6 nitrogen and oxygen atoms in total. The molecular weight excluding hydrogens is 260 g/mol. The van der Waals surface area contributed by atoms with Gasteiger partial charge in [0.05, 0.1) is 0 Å². The summed E-state index contributed by atoms with van der Waals surface area (Å²) in [5.41, 5.74) is -0.328. The Hall–Kier alpha value is -1.72. The fourth-order valence-electron chi connectivity index (χ4n) is 2.63. The summed E-state index contributed by atoms with van der Waals surface area (Å²) < 4.78 is 0. The average molecular weight is 280 g/mol. The third-order valence-corrected chi connectivity index (χ3v) is 3.83. The van der Waals surface area contributed by atoms with Crippen LogP contribution in [0.25, 0.3) is 0 Å². The van der Waals surface area contributed by atoms with Gasteiger partial charge in [-0.1, -0.05) is 13.8 Å². The number of ketones is 1. The number of hydrogen-bond acceptors (Lipinski definition) is 4. The van der Waals surface area contributed by atoms with Gasteiger partial charge < -0.3 is 4.90 Å². The number of piperidine rings is 2. The zero-order valence-electron chi connectivity index (χ0n) is 12.0. The molecule has 2 aliphatic rings. The van der Waals surface area contributed by atoms with Crippen molar-refractivity contribution in [3.63, 3.8) is 0 Å². The van der Waals surface area contributed by atoms with Crippen LogP contribution < -0.4 is 0 Å². The summed E-state index contributed by atoms with van der Waals surface area (Å²) in [6.45, 7) is 4.33. The van der Waals surface area contributed by atoms with Gasteiger partial charge in [0.1, 0.15) is 12.3 Å². The molecule has 0 bridgehead atoms. The number of amides is 3. The average Bonchev–Trinajstić information content (AvgIpc) is 2.33. The minimum atomic E-state index is -0.328. The van der Waals surface area contributed by atoms with Crippen molar-refractivity contribution in [3.8, 4) is 0 Å². The topological polar surface area (TPSA) is 74.8 Å². The number of hydrogen-bond donors (Lipinski definition) is 0. The number of Topliss-reactive ketones (excluding diaryl/α,β-unsaturated/α-hetero) is 1. The molecule has 0 spiro atoms. The molecule has 0 saturated carbocycles. The number of carbonyl (C=O) groups excluding carboxylic acids is 4. The van der Waals surface area contributed by atoms with E-state index >= 15 is 0 Å². The summed E-state index contributed by atoms with van der Waals surface area (Å²) in [6, 6.07) is 0. The minimum Gasteiger partial charge on any atom is -0.340 e. The largest absolute Gasteiger partial charge is 0.340 e. The summed E-state index contributed by atoms with van der Waals surface area (Å²) in [5.74, 6) is -0.666. The number of carbonyl (C=O) groups is 4. The molecule has 0 aromatic carbocycles. The van der Waals surface area contributed by atoms with E-state index in [1.807, 2.05) is 13.8 Å².